The second kappa shape index (κ2) is 5.34. The molecule has 0 aliphatic heterocycles. The molecule has 3 unspecified atom stereocenters. The maximum Gasteiger partial charge on any atom is 0.128 e. The summed E-state index contributed by atoms with van der Waals surface area (Å²) in [5, 5.41) is 0.0733. The van der Waals surface area contributed by atoms with E-state index in [4.69, 9.17) is 21.1 Å². The van der Waals surface area contributed by atoms with Crippen molar-refractivity contribution in [2.45, 2.75) is 57.1 Å². The Balaban J connectivity index is 2.10. The lowest BCUT2D eigenvalue weighted by molar-refractivity contribution is -0.0586. The maximum absolute atomic E-state index is 6.10. The van der Waals surface area contributed by atoms with Gasteiger partial charge in [0.2, 0.25) is 0 Å². The minimum atomic E-state index is 0.00311. The molecule has 3 atom stereocenters. The molecule has 0 bridgehead atoms. The van der Waals surface area contributed by atoms with E-state index in [-0.39, 0.29) is 23.0 Å². The fourth-order valence-electron chi connectivity index (χ4n) is 2.35. The topological polar surface area (TPSA) is 18.5 Å². The first-order chi connectivity index (χ1) is 8.82. The van der Waals surface area contributed by atoms with Crippen LogP contribution in [0.2, 0.25) is 0 Å². The third-order valence-electron chi connectivity index (χ3n) is 3.77. The van der Waals surface area contributed by atoms with E-state index in [1.54, 1.807) is 7.11 Å². The van der Waals surface area contributed by atoms with Crippen LogP contribution in [0.5, 0.6) is 5.75 Å². The second-order valence-corrected chi connectivity index (χ2v) is 6.90. The molecule has 2 nitrogen and oxygen atoms in total. The van der Waals surface area contributed by atoms with Crippen LogP contribution in [0, 0.1) is 6.92 Å². The molecule has 106 valence electrons. The lowest BCUT2D eigenvalue weighted by atomic mass is 9.86. The van der Waals surface area contributed by atoms with Crippen LogP contribution in [-0.2, 0) is 10.2 Å². The van der Waals surface area contributed by atoms with Gasteiger partial charge in [-0.15, -0.1) is 11.6 Å². The number of methoxy groups -OCH3 is 1. The van der Waals surface area contributed by atoms with Gasteiger partial charge in [0.1, 0.15) is 18.0 Å². The molecule has 0 N–H and O–H groups in total. The number of rotatable bonds is 3. The first-order valence-corrected chi connectivity index (χ1v) is 7.21. The van der Waals surface area contributed by atoms with Crippen molar-refractivity contribution in [1.29, 1.82) is 0 Å². The molecule has 1 aromatic rings. The molecule has 0 saturated heterocycles. The van der Waals surface area contributed by atoms with E-state index in [1.165, 1.54) is 11.1 Å². The van der Waals surface area contributed by atoms with Crippen LogP contribution in [0.25, 0.3) is 0 Å². The Morgan fingerprint density at radius 3 is 2.42 bits per heavy atom. The van der Waals surface area contributed by atoms with Crippen LogP contribution in [0.15, 0.2) is 18.2 Å². The smallest absolute Gasteiger partial charge is 0.128 e. The molecule has 1 aliphatic rings. The maximum atomic E-state index is 6.10. The van der Waals surface area contributed by atoms with Gasteiger partial charge in [-0.05, 0) is 29.5 Å². The SMILES string of the molecule is COC1C(Cl)CC1Oc1ccc(C(C)(C)C)cc1C. The quantitative estimate of drug-likeness (QED) is 0.778. The highest BCUT2D eigenvalue weighted by Crippen LogP contribution is 2.34. The summed E-state index contributed by atoms with van der Waals surface area (Å²) in [5.41, 5.74) is 2.65. The van der Waals surface area contributed by atoms with Gasteiger partial charge in [-0.25, -0.2) is 0 Å². The van der Waals surface area contributed by atoms with Crippen molar-refractivity contribution in [3.8, 4) is 5.75 Å². The summed E-state index contributed by atoms with van der Waals surface area (Å²) in [4.78, 5) is 0. The number of halogens is 1. The predicted octanol–water partition coefficient (Wildman–Crippen LogP) is 4.07. The van der Waals surface area contributed by atoms with Gasteiger partial charge in [-0.3, -0.25) is 0 Å². The van der Waals surface area contributed by atoms with Crippen molar-refractivity contribution in [3.05, 3.63) is 29.3 Å². The van der Waals surface area contributed by atoms with Crippen molar-refractivity contribution in [2.75, 3.05) is 7.11 Å². The van der Waals surface area contributed by atoms with E-state index in [2.05, 4.69) is 45.9 Å². The normalized spacial score (nSPS) is 26.9. The number of benzene rings is 1. The zero-order valence-electron chi connectivity index (χ0n) is 12.4. The van der Waals surface area contributed by atoms with Gasteiger partial charge < -0.3 is 9.47 Å². The minimum absolute atomic E-state index is 0.00311. The molecule has 2 rings (SSSR count). The summed E-state index contributed by atoms with van der Waals surface area (Å²) in [5.74, 6) is 0.934. The van der Waals surface area contributed by atoms with Crippen LogP contribution >= 0.6 is 11.6 Å². The number of aryl methyl sites for hydroxylation is 1. The van der Waals surface area contributed by atoms with E-state index < -0.39 is 0 Å². The Labute approximate surface area is 121 Å². The number of hydrogen-bond donors (Lipinski definition) is 0. The van der Waals surface area contributed by atoms with Gasteiger partial charge in [0.15, 0.2) is 0 Å². The van der Waals surface area contributed by atoms with Crippen molar-refractivity contribution >= 4 is 11.6 Å². The average molecular weight is 283 g/mol. The standard InChI is InChI=1S/C16H23ClO2/c1-10-8-11(16(2,3)4)6-7-13(10)19-14-9-12(17)15(14)18-5/h6-8,12,14-15H,9H2,1-5H3. The average Bonchev–Trinajstić information content (AvgIpc) is 2.29. The summed E-state index contributed by atoms with van der Waals surface area (Å²) in [6.07, 6.45) is 0.926. The molecule has 19 heavy (non-hydrogen) atoms. The molecule has 1 saturated carbocycles. The van der Waals surface area contributed by atoms with Crippen LogP contribution in [0.1, 0.15) is 38.3 Å². The number of alkyl halides is 1. The Morgan fingerprint density at radius 2 is 1.95 bits per heavy atom. The fourth-order valence-corrected chi connectivity index (χ4v) is 2.79. The van der Waals surface area contributed by atoms with Gasteiger partial charge in [0, 0.05) is 13.5 Å². The monoisotopic (exact) mass is 282 g/mol. The third-order valence-corrected chi connectivity index (χ3v) is 4.20. The molecule has 1 aliphatic carbocycles. The Morgan fingerprint density at radius 1 is 1.26 bits per heavy atom. The summed E-state index contributed by atoms with van der Waals surface area (Å²) in [6, 6.07) is 6.40. The van der Waals surface area contributed by atoms with E-state index >= 15 is 0 Å². The molecule has 3 heteroatoms. The lowest BCUT2D eigenvalue weighted by Crippen LogP contribution is -2.52. The third kappa shape index (κ3) is 3.06. The van der Waals surface area contributed by atoms with Crippen LogP contribution in [0.4, 0.5) is 0 Å². The summed E-state index contributed by atoms with van der Waals surface area (Å²) in [7, 11) is 1.69. The molecular formula is C16H23ClO2. The van der Waals surface area contributed by atoms with Gasteiger partial charge in [0.25, 0.3) is 0 Å². The molecule has 0 amide bonds. The summed E-state index contributed by atoms with van der Waals surface area (Å²) in [6.45, 7) is 8.73. The van der Waals surface area contributed by atoms with E-state index in [1.807, 2.05) is 0 Å². The van der Waals surface area contributed by atoms with E-state index in [0.717, 1.165) is 12.2 Å². The highest BCUT2D eigenvalue weighted by molar-refractivity contribution is 6.21. The van der Waals surface area contributed by atoms with Crippen molar-refractivity contribution in [3.63, 3.8) is 0 Å². The second-order valence-electron chi connectivity index (χ2n) is 6.34. The van der Waals surface area contributed by atoms with E-state index in [9.17, 15) is 0 Å². The van der Waals surface area contributed by atoms with Gasteiger partial charge in [-0.2, -0.15) is 0 Å². The first-order valence-electron chi connectivity index (χ1n) is 6.77. The minimum Gasteiger partial charge on any atom is -0.487 e. The predicted molar refractivity (Wildman–Crippen MR) is 79.4 cm³/mol. The molecule has 0 radical (unpaired) electrons. The number of ether oxygens (including phenoxy) is 2. The summed E-state index contributed by atoms with van der Waals surface area (Å²) < 4.78 is 11.4. The zero-order chi connectivity index (χ0) is 14.2. The highest BCUT2D eigenvalue weighted by Gasteiger charge is 2.42. The van der Waals surface area contributed by atoms with Crippen molar-refractivity contribution in [1.82, 2.24) is 0 Å². The van der Waals surface area contributed by atoms with Gasteiger partial charge >= 0.3 is 0 Å². The largest absolute Gasteiger partial charge is 0.487 e. The van der Waals surface area contributed by atoms with Gasteiger partial charge in [0.05, 0.1) is 5.38 Å². The fraction of sp³-hybridized carbons (Fsp3) is 0.625. The first kappa shape index (κ1) is 14.7. The zero-order valence-corrected chi connectivity index (χ0v) is 13.1. The van der Waals surface area contributed by atoms with E-state index in [0.29, 0.717) is 0 Å². The lowest BCUT2D eigenvalue weighted by Gasteiger charge is -2.40. The Bertz CT molecular complexity index is 451. The molecular weight excluding hydrogens is 260 g/mol. The molecule has 1 fully saturated rings. The Hall–Kier alpha value is -0.730. The molecule has 1 aromatic carbocycles. The highest BCUT2D eigenvalue weighted by atomic mass is 35.5. The number of hydrogen-bond acceptors (Lipinski definition) is 2. The molecule has 0 spiro atoms. The Kier molecular flexibility index (Phi) is 4.12. The van der Waals surface area contributed by atoms with Crippen molar-refractivity contribution in [2.24, 2.45) is 0 Å². The van der Waals surface area contributed by atoms with Crippen LogP contribution in [-0.4, -0.2) is 24.7 Å². The van der Waals surface area contributed by atoms with Crippen LogP contribution in [0.3, 0.4) is 0 Å². The summed E-state index contributed by atoms with van der Waals surface area (Å²) >= 11 is 6.10. The van der Waals surface area contributed by atoms with Crippen LogP contribution < -0.4 is 4.74 Å². The van der Waals surface area contributed by atoms with Gasteiger partial charge in [-0.1, -0.05) is 32.9 Å². The molecule has 0 aromatic heterocycles. The van der Waals surface area contributed by atoms with Crippen molar-refractivity contribution < 1.29 is 9.47 Å². The molecule has 0 heterocycles.